The topological polar surface area (TPSA) is 55.8 Å². The number of carbonyl (C=O) groups excluding carboxylic acids is 2. The minimum atomic E-state index is -1.27. The van der Waals surface area contributed by atoms with E-state index in [1.54, 1.807) is 32.6 Å². The average Bonchev–Trinajstić information content (AvgIpc) is 2.60. The van der Waals surface area contributed by atoms with E-state index in [-0.39, 0.29) is 12.2 Å². The molecule has 0 radical (unpaired) electrons. The first kappa shape index (κ1) is 22.0. The van der Waals surface area contributed by atoms with Gasteiger partial charge in [-0.3, -0.25) is 0 Å². The van der Waals surface area contributed by atoms with E-state index in [9.17, 15) is 9.59 Å². The van der Waals surface area contributed by atoms with E-state index in [4.69, 9.17) is 9.47 Å². The van der Waals surface area contributed by atoms with Crippen molar-refractivity contribution < 1.29 is 19.1 Å². The Hall–Kier alpha value is -2.34. The van der Waals surface area contributed by atoms with Crippen LogP contribution in [0.3, 0.4) is 0 Å². The molecule has 0 aliphatic rings. The summed E-state index contributed by atoms with van der Waals surface area (Å²) in [6, 6.07) is 13.7. The zero-order valence-corrected chi connectivity index (χ0v) is 18.4. The molecule has 0 unspecified atom stereocenters. The summed E-state index contributed by atoms with van der Waals surface area (Å²) in [5.41, 5.74) is 2.42. The Labute approximate surface area is 174 Å². The molecule has 0 fully saturated rings. The predicted molar refractivity (Wildman–Crippen MR) is 114 cm³/mol. The molecule has 2 aromatic carbocycles. The lowest BCUT2D eigenvalue weighted by Gasteiger charge is -2.32. The summed E-state index contributed by atoms with van der Waals surface area (Å²) in [5, 5.41) is 0. The van der Waals surface area contributed by atoms with Gasteiger partial charge in [0.1, 0.15) is 0 Å². The molecule has 5 nitrogen and oxygen atoms in total. The van der Waals surface area contributed by atoms with Gasteiger partial charge in [0.25, 0.3) is 0 Å². The van der Waals surface area contributed by atoms with Gasteiger partial charge in [-0.1, -0.05) is 29.8 Å². The molecule has 0 atom stereocenters. The maximum absolute atomic E-state index is 13.0. The Morgan fingerprint density at radius 1 is 0.857 bits per heavy atom. The molecule has 0 heterocycles. The summed E-state index contributed by atoms with van der Waals surface area (Å²) in [5.74, 6) is -1.31. The largest absolute Gasteiger partial charge is 0.461 e. The molecule has 0 amide bonds. The van der Waals surface area contributed by atoms with Gasteiger partial charge in [-0.05, 0) is 74.8 Å². The Bertz CT molecular complexity index is 796. The van der Waals surface area contributed by atoms with Gasteiger partial charge in [0.15, 0.2) is 0 Å². The van der Waals surface area contributed by atoms with Crippen LogP contribution >= 0.6 is 15.9 Å². The van der Waals surface area contributed by atoms with Crippen LogP contribution in [0.25, 0.3) is 0 Å². The molecule has 0 aromatic heterocycles. The predicted octanol–water partition coefficient (Wildman–Crippen LogP) is 5.17. The number of hydrogen-bond acceptors (Lipinski definition) is 5. The van der Waals surface area contributed by atoms with Crippen LogP contribution in [-0.2, 0) is 19.1 Å². The normalized spacial score (nSPS) is 11.0. The minimum Gasteiger partial charge on any atom is -0.461 e. The van der Waals surface area contributed by atoms with Crippen LogP contribution in [0.1, 0.15) is 33.3 Å². The second-order valence-electron chi connectivity index (χ2n) is 7.03. The van der Waals surface area contributed by atoms with Crippen molar-refractivity contribution in [3.8, 4) is 0 Å². The number of carbonyl (C=O) groups is 2. The summed E-state index contributed by atoms with van der Waals surface area (Å²) in [6.45, 7) is 8.97. The monoisotopic (exact) mass is 447 g/mol. The second kappa shape index (κ2) is 9.73. The Kier molecular flexibility index (Phi) is 7.63. The van der Waals surface area contributed by atoms with E-state index < -0.39 is 18.0 Å². The van der Waals surface area contributed by atoms with Gasteiger partial charge < -0.3 is 14.4 Å². The molecule has 0 N–H and O–H groups in total. The van der Waals surface area contributed by atoms with Gasteiger partial charge in [0.05, 0.1) is 17.9 Å². The van der Waals surface area contributed by atoms with Crippen molar-refractivity contribution in [2.45, 2.75) is 52.9 Å². The zero-order chi connectivity index (χ0) is 20.8. The zero-order valence-electron chi connectivity index (χ0n) is 16.8. The number of halogens is 1. The second-order valence-corrected chi connectivity index (χ2v) is 7.89. The molecular formula is C22H26BrNO4. The van der Waals surface area contributed by atoms with E-state index in [0.29, 0.717) is 11.4 Å². The molecule has 0 aliphatic carbocycles. The van der Waals surface area contributed by atoms with Crippen molar-refractivity contribution in [3.05, 3.63) is 58.6 Å². The highest BCUT2D eigenvalue weighted by molar-refractivity contribution is 9.10. The van der Waals surface area contributed by atoms with E-state index in [0.717, 1.165) is 10.0 Å². The Morgan fingerprint density at radius 2 is 1.36 bits per heavy atom. The number of benzene rings is 2. The molecule has 2 rings (SSSR count). The third kappa shape index (κ3) is 5.58. The lowest BCUT2D eigenvalue weighted by molar-refractivity contribution is -0.160. The molecule has 0 saturated carbocycles. The van der Waals surface area contributed by atoms with Gasteiger partial charge in [-0.15, -0.1) is 0 Å². The number of hydrogen-bond donors (Lipinski definition) is 0. The molecule has 0 bridgehead atoms. The first-order valence-corrected chi connectivity index (χ1v) is 10.0. The molecular weight excluding hydrogens is 422 g/mol. The number of aryl methyl sites for hydroxylation is 1. The molecule has 6 heteroatoms. The summed E-state index contributed by atoms with van der Waals surface area (Å²) in [4.78, 5) is 27.6. The Morgan fingerprint density at radius 3 is 1.82 bits per heavy atom. The van der Waals surface area contributed by atoms with Crippen LogP contribution in [0, 0.1) is 6.92 Å². The van der Waals surface area contributed by atoms with E-state index in [1.165, 1.54) is 0 Å². The molecule has 0 spiro atoms. The summed E-state index contributed by atoms with van der Waals surface area (Å²) in [7, 11) is 0. The van der Waals surface area contributed by atoms with Crippen LogP contribution in [0.5, 0.6) is 0 Å². The number of ether oxygens (including phenoxy) is 2. The van der Waals surface area contributed by atoms with Crippen molar-refractivity contribution in [2.24, 2.45) is 0 Å². The van der Waals surface area contributed by atoms with E-state index in [2.05, 4.69) is 15.9 Å². The third-order valence-corrected chi connectivity index (χ3v) is 4.50. The average molecular weight is 448 g/mol. The molecule has 0 aliphatic heterocycles. The van der Waals surface area contributed by atoms with Gasteiger partial charge in [-0.2, -0.15) is 0 Å². The van der Waals surface area contributed by atoms with Crippen molar-refractivity contribution in [3.63, 3.8) is 0 Å². The van der Waals surface area contributed by atoms with Crippen molar-refractivity contribution in [2.75, 3.05) is 4.90 Å². The maximum Gasteiger partial charge on any atom is 0.341 e. The molecule has 28 heavy (non-hydrogen) atoms. The van der Waals surface area contributed by atoms with E-state index >= 15 is 0 Å². The lowest BCUT2D eigenvalue weighted by atomic mass is 10.1. The number of esters is 2. The SMILES string of the molecule is Cc1ccc(N(c2ccccc2Br)C(C(=O)OC(C)C)C(=O)OC(C)C)cc1. The van der Waals surface area contributed by atoms with Crippen LogP contribution in [0.15, 0.2) is 53.0 Å². The smallest absolute Gasteiger partial charge is 0.341 e. The van der Waals surface area contributed by atoms with Crippen LogP contribution in [0.4, 0.5) is 11.4 Å². The molecule has 2 aromatic rings. The fourth-order valence-electron chi connectivity index (χ4n) is 2.68. The van der Waals surface area contributed by atoms with Crippen molar-refractivity contribution >= 4 is 39.2 Å². The highest BCUT2D eigenvalue weighted by Crippen LogP contribution is 2.35. The standard InChI is InChI=1S/C22H26BrNO4/c1-14(2)27-21(25)20(22(26)28-15(3)4)24(17-12-10-16(5)11-13-17)19-9-7-6-8-18(19)23/h6-15,20H,1-5H3. The summed E-state index contributed by atoms with van der Waals surface area (Å²) in [6.07, 6.45) is -0.720. The highest BCUT2D eigenvalue weighted by atomic mass is 79.9. The molecule has 0 saturated heterocycles. The first-order valence-electron chi connectivity index (χ1n) is 9.22. The number of nitrogens with zero attached hydrogens (tertiary/aromatic N) is 1. The van der Waals surface area contributed by atoms with Gasteiger partial charge in [-0.25, -0.2) is 9.59 Å². The third-order valence-electron chi connectivity index (χ3n) is 3.83. The summed E-state index contributed by atoms with van der Waals surface area (Å²) < 4.78 is 11.6. The van der Waals surface area contributed by atoms with E-state index in [1.807, 2.05) is 55.5 Å². The van der Waals surface area contributed by atoms with Crippen LogP contribution in [-0.4, -0.2) is 30.2 Å². The quantitative estimate of drug-likeness (QED) is 0.432. The number of anilines is 2. The van der Waals surface area contributed by atoms with Gasteiger partial charge >= 0.3 is 11.9 Å². The van der Waals surface area contributed by atoms with Gasteiger partial charge in [0.2, 0.25) is 6.04 Å². The van der Waals surface area contributed by atoms with Crippen LogP contribution < -0.4 is 4.90 Å². The fourth-order valence-corrected chi connectivity index (χ4v) is 3.16. The van der Waals surface area contributed by atoms with Crippen molar-refractivity contribution in [1.29, 1.82) is 0 Å². The highest BCUT2D eigenvalue weighted by Gasteiger charge is 2.38. The fraction of sp³-hybridized carbons (Fsp3) is 0.364. The first-order chi connectivity index (χ1) is 13.2. The van der Waals surface area contributed by atoms with Crippen molar-refractivity contribution in [1.82, 2.24) is 0 Å². The van der Waals surface area contributed by atoms with Crippen LogP contribution in [0.2, 0.25) is 0 Å². The summed E-state index contributed by atoms with van der Waals surface area (Å²) >= 11 is 3.53. The number of para-hydroxylation sites is 1. The van der Waals surface area contributed by atoms with Gasteiger partial charge in [0, 0.05) is 10.2 Å². The minimum absolute atomic E-state index is 0.360. The maximum atomic E-state index is 13.0. The lowest BCUT2D eigenvalue weighted by Crippen LogP contribution is -2.47. The molecule has 150 valence electrons. The Balaban J connectivity index is 2.63. The number of rotatable bonds is 7.